The van der Waals surface area contributed by atoms with Crippen LogP contribution in [0.2, 0.25) is 0 Å². The summed E-state index contributed by atoms with van der Waals surface area (Å²) in [5.41, 5.74) is 3.48. The highest BCUT2D eigenvalue weighted by Crippen LogP contribution is 2.13. The van der Waals surface area contributed by atoms with Crippen LogP contribution >= 0.6 is 0 Å². The van der Waals surface area contributed by atoms with Gasteiger partial charge in [0.2, 0.25) is 5.91 Å². The molecule has 21 heavy (non-hydrogen) atoms. The lowest BCUT2D eigenvalue weighted by Gasteiger charge is -2.18. The number of aliphatic imine (C=N–C) groups is 1. The molecule has 1 aromatic heterocycles. The van der Waals surface area contributed by atoms with Gasteiger partial charge in [-0.25, -0.2) is 0 Å². The van der Waals surface area contributed by atoms with Crippen LogP contribution in [0.5, 0.6) is 0 Å². The molecule has 0 aliphatic rings. The van der Waals surface area contributed by atoms with E-state index in [-0.39, 0.29) is 18.5 Å². The molecule has 0 saturated carbocycles. The molecule has 1 atom stereocenters. The fraction of sp³-hybridized carbons (Fsp3) is 0.643. The number of likely N-dealkylation sites (N-methyl/N-ethyl adjacent to an activating group) is 1. The van der Waals surface area contributed by atoms with Crippen molar-refractivity contribution in [2.45, 2.75) is 33.2 Å². The van der Waals surface area contributed by atoms with E-state index in [4.69, 9.17) is 0 Å². The Balaban J connectivity index is 2.59. The third-order valence-corrected chi connectivity index (χ3v) is 3.47. The molecule has 0 aliphatic heterocycles. The van der Waals surface area contributed by atoms with Crippen molar-refractivity contribution in [1.82, 2.24) is 25.7 Å². The Hall–Kier alpha value is -2.05. The van der Waals surface area contributed by atoms with Crippen LogP contribution in [0, 0.1) is 13.8 Å². The van der Waals surface area contributed by atoms with Crippen molar-refractivity contribution in [2.75, 3.05) is 20.6 Å². The van der Waals surface area contributed by atoms with Gasteiger partial charge in [0, 0.05) is 32.9 Å². The number of nitrogens with zero attached hydrogens (tertiary/aromatic N) is 3. The summed E-state index contributed by atoms with van der Waals surface area (Å²) in [5, 5.41) is 13.2. The van der Waals surface area contributed by atoms with Crippen LogP contribution in [0.25, 0.3) is 0 Å². The first-order valence-corrected chi connectivity index (χ1v) is 7.05. The minimum absolute atomic E-state index is 0.0791. The molecular formula is C14H26N6O. The molecule has 0 saturated heterocycles. The Morgan fingerprint density at radius 3 is 2.57 bits per heavy atom. The van der Waals surface area contributed by atoms with Gasteiger partial charge >= 0.3 is 0 Å². The molecule has 0 aliphatic carbocycles. The molecule has 0 radical (unpaired) electrons. The van der Waals surface area contributed by atoms with Gasteiger partial charge in [0.25, 0.3) is 0 Å². The number of amides is 1. The fourth-order valence-corrected chi connectivity index (χ4v) is 2.15. The summed E-state index contributed by atoms with van der Waals surface area (Å²) >= 11 is 0. The van der Waals surface area contributed by atoms with Crippen LogP contribution < -0.4 is 16.0 Å². The van der Waals surface area contributed by atoms with E-state index < -0.39 is 0 Å². The number of rotatable bonds is 5. The van der Waals surface area contributed by atoms with Crippen LogP contribution in [0.3, 0.4) is 0 Å². The highest BCUT2D eigenvalue weighted by molar-refractivity contribution is 5.86. The van der Waals surface area contributed by atoms with Crippen LogP contribution in [-0.4, -0.2) is 48.3 Å². The second kappa shape index (κ2) is 7.66. The first kappa shape index (κ1) is 17.0. The van der Waals surface area contributed by atoms with Crippen molar-refractivity contribution in [3.05, 3.63) is 17.0 Å². The standard InChI is InChI=1S/C14H26N6O/c1-9(7-12-10(2)19-20(6)11(12)3)18-14(16-5)17-8-13(21)15-4/h9H,7-8H2,1-6H3,(H,15,21)(H2,16,17,18). The third kappa shape index (κ3) is 4.77. The number of hydrogen-bond acceptors (Lipinski definition) is 3. The zero-order chi connectivity index (χ0) is 16.0. The molecule has 7 heteroatoms. The Labute approximate surface area is 126 Å². The van der Waals surface area contributed by atoms with Gasteiger partial charge in [-0.3, -0.25) is 14.5 Å². The van der Waals surface area contributed by atoms with Gasteiger partial charge in [-0.15, -0.1) is 0 Å². The van der Waals surface area contributed by atoms with Crippen LogP contribution in [-0.2, 0) is 18.3 Å². The van der Waals surface area contributed by atoms with E-state index in [1.165, 1.54) is 11.3 Å². The van der Waals surface area contributed by atoms with E-state index in [0.717, 1.165) is 12.1 Å². The number of guanidine groups is 1. The highest BCUT2D eigenvalue weighted by Gasteiger charge is 2.14. The molecule has 1 amide bonds. The second-order valence-electron chi connectivity index (χ2n) is 5.12. The lowest BCUT2D eigenvalue weighted by atomic mass is 10.1. The molecule has 0 aromatic carbocycles. The van der Waals surface area contributed by atoms with Crippen LogP contribution in [0.1, 0.15) is 23.9 Å². The molecule has 0 bridgehead atoms. The van der Waals surface area contributed by atoms with E-state index in [2.05, 4.69) is 39.9 Å². The molecule has 0 fully saturated rings. The lowest BCUT2D eigenvalue weighted by molar-refractivity contribution is -0.119. The van der Waals surface area contributed by atoms with E-state index in [0.29, 0.717) is 5.96 Å². The van der Waals surface area contributed by atoms with Crippen molar-refractivity contribution in [3.63, 3.8) is 0 Å². The number of nitrogens with one attached hydrogen (secondary N) is 3. The largest absolute Gasteiger partial charge is 0.358 e. The minimum Gasteiger partial charge on any atom is -0.358 e. The molecule has 1 rings (SSSR count). The lowest BCUT2D eigenvalue weighted by Crippen LogP contribution is -2.46. The van der Waals surface area contributed by atoms with Gasteiger partial charge in [0.05, 0.1) is 12.2 Å². The molecule has 118 valence electrons. The van der Waals surface area contributed by atoms with Crippen molar-refractivity contribution in [3.8, 4) is 0 Å². The third-order valence-electron chi connectivity index (χ3n) is 3.47. The Kier molecular flexibility index (Phi) is 6.20. The van der Waals surface area contributed by atoms with Crippen molar-refractivity contribution < 1.29 is 4.79 Å². The topological polar surface area (TPSA) is 83.3 Å². The number of carbonyl (C=O) groups excluding carboxylic acids is 1. The van der Waals surface area contributed by atoms with Crippen molar-refractivity contribution >= 4 is 11.9 Å². The quantitative estimate of drug-likeness (QED) is 0.522. The number of hydrogen-bond donors (Lipinski definition) is 3. The maximum atomic E-state index is 11.2. The number of aryl methyl sites for hydroxylation is 2. The van der Waals surface area contributed by atoms with Gasteiger partial charge in [-0.2, -0.15) is 5.10 Å². The predicted octanol–water partition coefficient (Wildman–Crippen LogP) is -0.121. The average Bonchev–Trinajstić information content (AvgIpc) is 2.69. The molecule has 1 unspecified atom stereocenters. The Morgan fingerprint density at radius 1 is 1.43 bits per heavy atom. The summed E-state index contributed by atoms with van der Waals surface area (Å²) in [4.78, 5) is 15.4. The SMILES string of the molecule is CN=C(NCC(=O)NC)NC(C)Cc1c(C)nn(C)c1C. The van der Waals surface area contributed by atoms with E-state index in [9.17, 15) is 4.79 Å². The van der Waals surface area contributed by atoms with Gasteiger partial charge < -0.3 is 16.0 Å². The Morgan fingerprint density at radius 2 is 2.10 bits per heavy atom. The van der Waals surface area contributed by atoms with E-state index in [1.54, 1.807) is 14.1 Å². The van der Waals surface area contributed by atoms with Gasteiger partial charge in [0.1, 0.15) is 0 Å². The Bertz CT molecular complexity index is 520. The second-order valence-corrected chi connectivity index (χ2v) is 5.12. The maximum Gasteiger partial charge on any atom is 0.239 e. The summed E-state index contributed by atoms with van der Waals surface area (Å²) in [6.45, 7) is 6.38. The fourth-order valence-electron chi connectivity index (χ4n) is 2.15. The normalized spacial score (nSPS) is 13.0. The van der Waals surface area contributed by atoms with E-state index in [1.807, 2.05) is 18.7 Å². The summed E-state index contributed by atoms with van der Waals surface area (Å²) in [6.07, 6.45) is 0.853. The highest BCUT2D eigenvalue weighted by atomic mass is 16.1. The number of carbonyl (C=O) groups is 1. The van der Waals surface area contributed by atoms with E-state index >= 15 is 0 Å². The summed E-state index contributed by atoms with van der Waals surface area (Å²) in [7, 11) is 5.25. The first-order valence-electron chi connectivity index (χ1n) is 7.05. The van der Waals surface area contributed by atoms with Gasteiger partial charge in [-0.1, -0.05) is 0 Å². The minimum atomic E-state index is -0.0791. The summed E-state index contributed by atoms with van der Waals surface area (Å²) < 4.78 is 1.90. The zero-order valence-electron chi connectivity index (χ0n) is 13.7. The monoisotopic (exact) mass is 294 g/mol. The first-order chi connectivity index (χ1) is 9.88. The van der Waals surface area contributed by atoms with Crippen LogP contribution in [0.4, 0.5) is 0 Å². The molecule has 1 heterocycles. The van der Waals surface area contributed by atoms with Gasteiger partial charge in [-0.05, 0) is 32.8 Å². The molecular weight excluding hydrogens is 268 g/mol. The smallest absolute Gasteiger partial charge is 0.239 e. The van der Waals surface area contributed by atoms with Crippen molar-refractivity contribution in [1.29, 1.82) is 0 Å². The molecule has 0 spiro atoms. The zero-order valence-corrected chi connectivity index (χ0v) is 13.7. The molecule has 3 N–H and O–H groups in total. The molecule has 7 nitrogen and oxygen atoms in total. The summed E-state index contributed by atoms with van der Waals surface area (Å²) in [6, 6.07) is 0.183. The molecule has 1 aromatic rings. The predicted molar refractivity (Wildman–Crippen MR) is 84.4 cm³/mol. The van der Waals surface area contributed by atoms with Gasteiger partial charge in [0.15, 0.2) is 5.96 Å². The van der Waals surface area contributed by atoms with Crippen LogP contribution in [0.15, 0.2) is 4.99 Å². The maximum absolute atomic E-state index is 11.2. The van der Waals surface area contributed by atoms with Crippen molar-refractivity contribution in [2.24, 2.45) is 12.0 Å². The average molecular weight is 294 g/mol. The summed E-state index contributed by atoms with van der Waals surface area (Å²) in [5.74, 6) is 0.537. The number of aromatic nitrogens is 2.